The molecule has 3 rings (SSSR count). The van der Waals surface area contributed by atoms with Crippen LogP contribution in [0.2, 0.25) is 0 Å². The van der Waals surface area contributed by atoms with Crippen molar-refractivity contribution >= 4 is 11.7 Å². The third-order valence-electron chi connectivity index (χ3n) is 5.71. The third kappa shape index (κ3) is 3.07. The zero-order valence-corrected chi connectivity index (χ0v) is 12.4. The lowest BCUT2D eigenvalue weighted by Gasteiger charge is -2.37. The van der Waals surface area contributed by atoms with E-state index in [9.17, 15) is 9.59 Å². The molecule has 3 heteroatoms. The summed E-state index contributed by atoms with van der Waals surface area (Å²) in [5.74, 6) is 1.84. The van der Waals surface area contributed by atoms with E-state index < -0.39 is 0 Å². The molecule has 0 saturated heterocycles. The predicted octanol–water partition coefficient (Wildman–Crippen LogP) is 3.08. The van der Waals surface area contributed by atoms with E-state index in [2.05, 4.69) is 5.32 Å². The zero-order valence-electron chi connectivity index (χ0n) is 12.4. The highest BCUT2D eigenvalue weighted by Crippen LogP contribution is 2.40. The summed E-state index contributed by atoms with van der Waals surface area (Å²) in [6.07, 6.45) is 11.4. The standard InChI is InChI=1S/C17H27NO2/c19-16-13-7-4-8-14(16)10-15(9-13)17(20)18-11-12-5-2-1-3-6-12/h12-15H,1-11H2,(H,18,20)/t13-,14+,15?. The molecule has 0 aromatic rings. The van der Waals surface area contributed by atoms with Gasteiger partial charge in [-0.3, -0.25) is 9.59 Å². The Bertz CT molecular complexity index is 357. The van der Waals surface area contributed by atoms with Gasteiger partial charge in [-0.1, -0.05) is 25.7 Å². The van der Waals surface area contributed by atoms with Crippen LogP contribution in [0, 0.1) is 23.7 Å². The summed E-state index contributed by atoms with van der Waals surface area (Å²) in [5.41, 5.74) is 0. The maximum absolute atomic E-state index is 12.4. The number of Topliss-reactive ketones (excluding diaryl/α,β-unsaturated/α-hetero) is 1. The number of rotatable bonds is 3. The second-order valence-corrected chi connectivity index (χ2v) is 7.14. The maximum Gasteiger partial charge on any atom is 0.223 e. The van der Waals surface area contributed by atoms with Gasteiger partial charge in [0.25, 0.3) is 0 Å². The predicted molar refractivity (Wildman–Crippen MR) is 78.1 cm³/mol. The average molecular weight is 277 g/mol. The van der Waals surface area contributed by atoms with Gasteiger partial charge in [0.1, 0.15) is 5.78 Å². The van der Waals surface area contributed by atoms with Crippen LogP contribution >= 0.6 is 0 Å². The number of amides is 1. The second kappa shape index (κ2) is 6.28. The van der Waals surface area contributed by atoms with Gasteiger partial charge in [0.2, 0.25) is 5.91 Å². The van der Waals surface area contributed by atoms with Crippen LogP contribution < -0.4 is 5.32 Å². The molecule has 0 heterocycles. The molecule has 0 radical (unpaired) electrons. The van der Waals surface area contributed by atoms with Gasteiger partial charge in [-0.15, -0.1) is 0 Å². The first kappa shape index (κ1) is 14.1. The SMILES string of the molecule is O=C(NCC1CCCCC1)C1C[C@H]2CCC[C@@H](C1)C2=O. The minimum atomic E-state index is 0.103. The molecule has 3 aliphatic carbocycles. The van der Waals surface area contributed by atoms with E-state index in [0.717, 1.165) is 32.2 Å². The van der Waals surface area contributed by atoms with Crippen molar-refractivity contribution < 1.29 is 9.59 Å². The molecule has 2 bridgehead atoms. The van der Waals surface area contributed by atoms with Crippen LogP contribution in [0.5, 0.6) is 0 Å². The number of fused-ring (bicyclic) bond motifs is 2. The van der Waals surface area contributed by atoms with Crippen molar-refractivity contribution in [3.05, 3.63) is 0 Å². The molecule has 1 amide bonds. The lowest BCUT2D eigenvalue weighted by atomic mass is 9.67. The molecule has 3 fully saturated rings. The molecule has 3 nitrogen and oxygen atoms in total. The molecule has 112 valence electrons. The van der Waals surface area contributed by atoms with Crippen molar-refractivity contribution in [3.8, 4) is 0 Å². The maximum atomic E-state index is 12.4. The Balaban J connectivity index is 1.49. The van der Waals surface area contributed by atoms with Crippen molar-refractivity contribution in [1.29, 1.82) is 0 Å². The second-order valence-electron chi connectivity index (χ2n) is 7.14. The molecule has 3 saturated carbocycles. The normalized spacial score (nSPS) is 34.8. The van der Waals surface area contributed by atoms with E-state index >= 15 is 0 Å². The lowest BCUT2D eigenvalue weighted by molar-refractivity contribution is -0.137. The summed E-state index contributed by atoms with van der Waals surface area (Å²) in [6, 6.07) is 0. The smallest absolute Gasteiger partial charge is 0.223 e. The largest absolute Gasteiger partial charge is 0.356 e. The highest BCUT2D eigenvalue weighted by molar-refractivity contribution is 5.88. The fourth-order valence-corrected chi connectivity index (χ4v) is 4.47. The Labute approximate surface area is 121 Å². The Kier molecular flexibility index (Phi) is 4.42. The Morgan fingerprint density at radius 3 is 2.25 bits per heavy atom. The van der Waals surface area contributed by atoms with Gasteiger partial charge in [0, 0.05) is 24.3 Å². The van der Waals surface area contributed by atoms with Gasteiger partial charge in [-0.05, 0) is 44.4 Å². The Morgan fingerprint density at radius 2 is 1.60 bits per heavy atom. The quantitative estimate of drug-likeness (QED) is 0.861. The molecule has 0 spiro atoms. The molecule has 3 atom stereocenters. The van der Waals surface area contributed by atoms with Crippen molar-refractivity contribution in [2.45, 2.75) is 64.2 Å². The van der Waals surface area contributed by atoms with Crippen molar-refractivity contribution in [3.63, 3.8) is 0 Å². The minimum Gasteiger partial charge on any atom is -0.356 e. The van der Waals surface area contributed by atoms with E-state index in [-0.39, 0.29) is 23.7 Å². The van der Waals surface area contributed by atoms with E-state index in [4.69, 9.17) is 0 Å². The van der Waals surface area contributed by atoms with Crippen LogP contribution in [0.1, 0.15) is 64.2 Å². The summed E-state index contributed by atoms with van der Waals surface area (Å²) in [5, 5.41) is 3.18. The number of hydrogen-bond donors (Lipinski definition) is 1. The van der Waals surface area contributed by atoms with Crippen LogP contribution in [-0.2, 0) is 9.59 Å². The van der Waals surface area contributed by atoms with Crippen LogP contribution in [-0.4, -0.2) is 18.2 Å². The molecule has 20 heavy (non-hydrogen) atoms. The average Bonchev–Trinajstić information content (AvgIpc) is 2.45. The van der Waals surface area contributed by atoms with Crippen LogP contribution in [0.15, 0.2) is 0 Å². The molecule has 1 unspecified atom stereocenters. The Hall–Kier alpha value is -0.860. The highest BCUT2D eigenvalue weighted by atomic mass is 16.2. The van der Waals surface area contributed by atoms with Crippen molar-refractivity contribution in [2.24, 2.45) is 23.7 Å². The number of ketones is 1. The summed E-state index contributed by atoms with van der Waals surface area (Å²) >= 11 is 0. The third-order valence-corrected chi connectivity index (χ3v) is 5.71. The Morgan fingerprint density at radius 1 is 0.950 bits per heavy atom. The van der Waals surface area contributed by atoms with Crippen molar-refractivity contribution in [2.75, 3.05) is 6.54 Å². The molecular formula is C17H27NO2. The van der Waals surface area contributed by atoms with E-state index in [0.29, 0.717) is 11.7 Å². The van der Waals surface area contributed by atoms with Crippen LogP contribution in [0.3, 0.4) is 0 Å². The van der Waals surface area contributed by atoms with Gasteiger partial charge in [0.05, 0.1) is 0 Å². The summed E-state index contributed by atoms with van der Waals surface area (Å²) < 4.78 is 0. The molecule has 1 N–H and O–H groups in total. The fourth-order valence-electron chi connectivity index (χ4n) is 4.47. The zero-order chi connectivity index (χ0) is 13.9. The number of nitrogens with one attached hydrogen (secondary N) is 1. The topological polar surface area (TPSA) is 46.2 Å². The summed E-state index contributed by atoms with van der Waals surface area (Å²) in [7, 11) is 0. The first-order valence-electron chi connectivity index (χ1n) is 8.55. The van der Waals surface area contributed by atoms with Gasteiger partial charge < -0.3 is 5.32 Å². The van der Waals surface area contributed by atoms with Gasteiger partial charge in [-0.25, -0.2) is 0 Å². The highest BCUT2D eigenvalue weighted by Gasteiger charge is 2.41. The first-order chi connectivity index (χ1) is 9.74. The molecule has 0 aromatic heterocycles. The molecular weight excluding hydrogens is 250 g/mol. The van der Waals surface area contributed by atoms with E-state index in [1.165, 1.54) is 38.5 Å². The molecule has 0 aromatic carbocycles. The summed E-state index contributed by atoms with van der Waals surface area (Å²) in [6.45, 7) is 0.860. The molecule has 3 aliphatic rings. The number of carbonyl (C=O) groups excluding carboxylic acids is 2. The number of carbonyl (C=O) groups is 2. The monoisotopic (exact) mass is 277 g/mol. The molecule has 0 aliphatic heterocycles. The summed E-state index contributed by atoms with van der Waals surface area (Å²) in [4.78, 5) is 24.4. The van der Waals surface area contributed by atoms with Crippen LogP contribution in [0.4, 0.5) is 0 Å². The first-order valence-corrected chi connectivity index (χ1v) is 8.55. The number of hydrogen-bond acceptors (Lipinski definition) is 2. The van der Waals surface area contributed by atoms with Gasteiger partial charge in [-0.2, -0.15) is 0 Å². The van der Waals surface area contributed by atoms with Gasteiger partial charge >= 0.3 is 0 Å². The fraction of sp³-hybridized carbons (Fsp3) is 0.882. The van der Waals surface area contributed by atoms with Crippen LogP contribution in [0.25, 0.3) is 0 Å². The van der Waals surface area contributed by atoms with E-state index in [1.807, 2.05) is 0 Å². The van der Waals surface area contributed by atoms with Gasteiger partial charge in [0.15, 0.2) is 0 Å². The van der Waals surface area contributed by atoms with E-state index in [1.54, 1.807) is 0 Å². The lowest BCUT2D eigenvalue weighted by Crippen LogP contribution is -2.43. The van der Waals surface area contributed by atoms with Crippen molar-refractivity contribution in [1.82, 2.24) is 5.32 Å². The minimum absolute atomic E-state index is 0.103.